The van der Waals surface area contributed by atoms with Gasteiger partial charge in [0.25, 0.3) is 11.8 Å². The van der Waals surface area contributed by atoms with Crippen molar-refractivity contribution in [3.05, 3.63) is 28.5 Å². The van der Waals surface area contributed by atoms with E-state index >= 15 is 0 Å². The first kappa shape index (κ1) is 24.8. The van der Waals surface area contributed by atoms with Crippen LogP contribution in [-0.4, -0.2) is 70.3 Å². The minimum absolute atomic E-state index is 0.0762. The van der Waals surface area contributed by atoms with Crippen molar-refractivity contribution < 1.29 is 18.0 Å². The Hall–Kier alpha value is -2.53. The lowest BCUT2D eigenvalue weighted by atomic mass is 10.0. The second-order valence-electron chi connectivity index (χ2n) is 11.3. The highest BCUT2D eigenvalue weighted by molar-refractivity contribution is 7.91. The van der Waals surface area contributed by atoms with Crippen LogP contribution in [0.25, 0.3) is 10.4 Å². The van der Waals surface area contributed by atoms with Crippen LogP contribution in [0.1, 0.15) is 84.1 Å². The van der Waals surface area contributed by atoms with E-state index in [2.05, 4.69) is 27.5 Å². The monoisotopic (exact) mass is 543 g/mol. The van der Waals surface area contributed by atoms with Gasteiger partial charge in [-0.1, -0.05) is 0 Å². The van der Waals surface area contributed by atoms with Gasteiger partial charge in [0.1, 0.15) is 21.3 Å². The van der Waals surface area contributed by atoms with E-state index in [1.165, 1.54) is 11.3 Å². The highest BCUT2D eigenvalue weighted by atomic mass is 32.2. The van der Waals surface area contributed by atoms with Crippen molar-refractivity contribution >= 4 is 38.8 Å². The molecule has 1 aliphatic carbocycles. The quantitative estimate of drug-likeness (QED) is 0.571. The molecule has 0 aromatic carbocycles. The Balaban J connectivity index is 1.31. The van der Waals surface area contributed by atoms with Gasteiger partial charge in [-0.25, -0.2) is 18.4 Å². The van der Waals surface area contributed by atoms with Crippen molar-refractivity contribution in [2.24, 2.45) is 0 Å². The third kappa shape index (κ3) is 4.87. The topological polar surface area (TPSA) is 121 Å². The molecule has 2 bridgehead atoms. The fourth-order valence-corrected chi connectivity index (χ4v) is 8.40. The summed E-state index contributed by atoms with van der Waals surface area (Å²) in [7, 11) is -3.02. The number of fused-ring (bicyclic) bond motifs is 2. The van der Waals surface area contributed by atoms with E-state index in [1.807, 2.05) is 17.9 Å². The number of aromatic nitrogens is 2. The molecule has 0 radical (unpaired) electrons. The maximum atomic E-state index is 13.8. The first-order valence-corrected chi connectivity index (χ1v) is 15.8. The van der Waals surface area contributed by atoms with Crippen molar-refractivity contribution in [2.75, 3.05) is 16.8 Å². The minimum atomic E-state index is -3.02. The van der Waals surface area contributed by atoms with Gasteiger partial charge in [-0.2, -0.15) is 0 Å². The van der Waals surface area contributed by atoms with Crippen molar-refractivity contribution in [1.82, 2.24) is 20.2 Å². The van der Waals surface area contributed by atoms with Gasteiger partial charge in [0.15, 0.2) is 5.01 Å². The molecule has 4 aliphatic rings. The van der Waals surface area contributed by atoms with Crippen LogP contribution in [0.5, 0.6) is 0 Å². The third-order valence-corrected chi connectivity index (χ3v) is 11.2. The van der Waals surface area contributed by atoms with Crippen LogP contribution in [0.3, 0.4) is 0 Å². The molecular formula is C26H33N5O4S2. The van der Waals surface area contributed by atoms with Crippen LogP contribution in [0, 0.1) is 6.92 Å². The molecule has 2 N–H and O–H groups in total. The largest absolute Gasteiger partial charge is 0.365 e. The lowest BCUT2D eigenvalue weighted by Gasteiger charge is -2.22. The predicted octanol–water partition coefficient (Wildman–Crippen LogP) is 3.55. The average Bonchev–Trinajstić information content (AvgIpc) is 3.23. The van der Waals surface area contributed by atoms with Gasteiger partial charge in [-0.05, 0) is 76.8 Å². The second kappa shape index (κ2) is 9.04. The van der Waals surface area contributed by atoms with E-state index in [4.69, 9.17) is 0 Å². The molecule has 11 heteroatoms. The molecule has 6 rings (SSSR count). The first-order chi connectivity index (χ1) is 17.6. The first-order valence-electron chi connectivity index (χ1n) is 13.2. The summed E-state index contributed by atoms with van der Waals surface area (Å²) >= 11 is 1.22. The summed E-state index contributed by atoms with van der Waals surface area (Å²) in [5.74, 6) is 0.497. The van der Waals surface area contributed by atoms with Gasteiger partial charge < -0.3 is 15.5 Å². The zero-order chi connectivity index (χ0) is 25.9. The number of hydrogen-bond donors (Lipinski definition) is 2. The SMILES string of the molecule is Cc1cc(NC2(C)CC2)ncc1-c1sc(C(=O)NC2CCS(=O)(=O)CC2)nc1C(=O)N1C2CCC1CC2. The molecule has 37 heavy (non-hydrogen) atoms. The van der Waals surface area contributed by atoms with E-state index < -0.39 is 9.84 Å². The van der Waals surface area contributed by atoms with Crippen LogP contribution in [0.15, 0.2) is 12.3 Å². The number of carbonyl (C=O) groups is 2. The fourth-order valence-electron chi connectivity index (χ4n) is 5.88. The van der Waals surface area contributed by atoms with Gasteiger partial charge >= 0.3 is 0 Å². The predicted molar refractivity (Wildman–Crippen MR) is 143 cm³/mol. The molecule has 2 aromatic heterocycles. The molecule has 0 unspecified atom stereocenters. The van der Waals surface area contributed by atoms with Gasteiger partial charge in [0.2, 0.25) is 0 Å². The van der Waals surface area contributed by atoms with Crippen molar-refractivity contribution in [2.45, 2.75) is 88.9 Å². The summed E-state index contributed by atoms with van der Waals surface area (Å²) in [5, 5.41) is 6.66. The summed E-state index contributed by atoms with van der Waals surface area (Å²) in [6, 6.07) is 2.28. The Labute approximate surface area is 221 Å². The maximum Gasteiger partial charge on any atom is 0.280 e. The Morgan fingerprint density at radius 1 is 1.08 bits per heavy atom. The summed E-state index contributed by atoms with van der Waals surface area (Å²) in [6.07, 6.45) is 8.89. The van der Waals surface area contributed by atoms with Crippen molar-refractivity contribution in [1.29, 1.82) is 0 Å². The molecule has 1 saturated carbocycles. The number of rotatable bonds is 6. The number of pyridine rings is 1. The van der Waals surface area contributed by atoms with Crippen LogP contribution < -0.4 is 10.6 Å². The normalized spacial score (nSPS) is 25.7. The summed E-state index contributed by atoms with van der Waals surface area (Å²) in [6.45, 7) is 4.17. The number of aryl methyl sites for hydroxylation is 1. The maximum absolute atomic E-state index is 13.8. The molecule has 2 aromatic rings. The Morgan fingerprint density at radius 3 is 2.32 bits per heavy atom. The highest BCUT2D eigenvalue weighted by Crippen LogP contribution is 2.42. The second-order valence-corrected chi connectivity index (χ2v) is 14.6. The summed E-state index contributed by atoms with van der Waals surface area (Å²) < 4.78 is 23.6. The van der Waals surface area contributed by atoms with E-state index in [9.17, 15) is 18.0 Å². The zero-order valence-electron chi connectivity index (χ0n) is 21.2. The standard InChI is InChI=1S/C26H33N5O4S2/c1-15-13-20(30-26(2)9-10-26)27-14-19(15)22-21(25(33)31-17-3-4-18(31)6-5-17)29-24(36-22)23(32)28-16-7-11-37(34,35)12-8-16/h13-14,16-18H,3-12H2,1-2H3,(H,27,30)(H,28,32). The van der Waals surface area contributed by atoms with Crippen LogP contribution in [0.4, 0.5) is 5.82 Å². The van der Waals surface area contributed by atoms with Gasteiger partial charge in [-0.3, -0.25) is 9.59 Å². The number of nitrogens with one attached hydrogen (secondary N) is 2. The summed E-state index contributed by atoms with van der Waals surface area (Å²) in [5.41, 5.74) is 2.20. The molecule has 3 saturated heterocycles. The number of anilines is 1. The molecule has 9 nitrogen and oxygen atoms in total. The fraction of sp³-hybridized carbons (Fsp3) is 0.615. The van der Waals surface area contributed by atoms with E-state index in [0.29, 0.717) is 23.4 Å². The van der Waals surface area contributed by atoms with Crippen LogP contribution >= 0.6 is 11.3 Å². The van der Waals surface area contributed by atoms with E-state index in [-0.39, 0.29) is 52.0 Å². The minimum Gasteiger partial charge on any atom is -0.365 e. The third-order valence-electron chi connectivity index (χ3n) is 8.39. The average molecular weight is 544 g/mol. The number of sulfone groups is 1. The molecular weight excluding hydrogens is 510 g/mol. The van der Waals surface area contributed by atoms with Crippen molar-refractivity contribution in [3.63, 3.8) is 0 Å². The number of carbonyl (C=O) groups excluding carboxylic acids is 2. The molecule has 0 atom stereocenters. The molecule has 198 valence electrons. The number of thiazole rings is 1. The number of hydrogen-bond acceptors (Lipinski definition) is 8. The smallest absolute Gasteiger partial charge is 0.280 e. The van der Waals surface area contributed by atoms with Gasteiger partial charge in [0, 0.05) is 35.4 Å². The van der Waals surface area contributed by atoms with Crippen LogP contribution in [-0.2, 0) is 9.84 Å². The number of nitrogens with zero attached hydrogens (tertiary/aromatic N) is 3. The Morgan fingerprint density at radius 2 is 1.73 bits per heavy atom. The molecule has 0 spiro atoms. The lowest BCUT2D eigenvalue weighted by molar-refractivity contribution is 0.0725. The van der Waals surface area contributed by atoms with Crippen LogP contribution in [0.2, 0.25) is 0 Å². The molecule has 5 heterocycles. The van der Waals surface area contributed by atoms with Crippen molar-refractivity contribution in [3.8, 4) is 10.4 Å². The lowest BCUT2D eigenvalue weighted by Crippen LogP contribution is -2.41. The summed E-state index contributed by atoms with van der Waals surface area (Å²) in [4.78, 5) is 38.9. The van der Waals surface area contributed by atoms with Gasteiger partial charge in [0.05, 0.1) is 16.4 Å². The molecule has 3 aliphatic heterocycles. The Kier molecular flexibility index (Phi) is 6.06. The number of amides is 2. The van der Waals surface area contributed by atoms with E-state index in [1.54, 1.807) is 6.20 Å². The molecule has 2 amide bonds. The zero-order valence-corrected chi connectivity index (χ0v) is 22.9. The highest BCUT2D eigenvalue weighted by Gasteiger charge is 2.44. The molecule has 4 fully saturated rings. The Bertz CT molecular complexity index is 1330. The van der Waals surface area contributed by atoms with Gasteiger partial charge in [-0.15, -0.1) is 11.3 Å². The van der Waals surface area contributed by atoms with E-state index in [0.717, 1.165) is 55.5 Å².